The van der Waals surface area contributed by atoms with Crippen LogP contribution in [0.4, 0.5) is 0 Å². The Kier molecular flexibility index (Phi) is 6.23. The van der Waals surface area contributed by atoms with E-state index >= 15 is 0 Å². The quantitative estimate of drug-likeness (QED) is 0.657. The van der Waals surface area contributed by atoms with Crippen LogP contribution in [0.2, 0.25) is 12.1 Å². The normalized spacial score (nSPS) is 10.9. The molecular weight excluding hydrogens is 212 g/mol. The predicted octanol–water partition coefficient (Wildman–Crippen LogP) is 2.19. The zero-order valence-electron chi connectivity index (χ0n) is 9.67. The molecule has 0 aliphatic heterocycles. The van der Waals surface area contributed by atoms with E-state index in [0.29, 0.717) is 24.9 Å². The number of hydrogen-bond acceptors (Lipinski definition) is 4. The van der Waals surface area contributed by atoms with Gasteiger partial charge in [0.25, 0.3) is 11.9 Å². The van der Waals surface area contributed by atoms with Gasteiger partial charge in [0.15, 0.2) is 0 Å². The van der Waals surface area contributed by atoms with Crippen LogP contribution in [0.25, 0.3) is 0 Å². The summed E-state index contributed by atoms with van der Waals surface area (Å²) in [7, 11) is -2.72. The summed E-state index contributed by atoms with van der Waals surface area (Å²) in [6, 6.07) is 0.912. The van der Waals surface area contributed by atoms with Crippen molar-refractivity contribution in [3.8, 4) is 0 Å². The van der Waals surface area contributed by atoms with E-state index in [1.54, 1.807) is 13.8 Å². The Bertz CT molecular complexity index is 203. The molecule has 0 aliphatic rings. The smallest absolute Gasteiger partial charge is 0.463 e. The minimum Gasteiger partial charge on any atom is -0.485 e. The van der Waals surface area contributed by atoms with E-state index < -0.39 is 8.56 Å². The fourth-order valence-corrected chi connectivity index (χ4v) is 3.01. The third kappa shape index (κ3) is 4.46. The molecule has 0 bridgehead atoms. The maximum Gasteiger partial charge on any atom is 0.463 e. The third-order valence-corrected chi connectivity index (χ3v) is 5.14. The molecule has 0 aliphatic carbocycles. The minimum absolute atomic E-state index is 0.290. The first-order chi connectivity index (χ1) is 7.03. The van der Waals surface area contributed by atoms with E-state index in [1.165, 1.54) is 0 Å². The van der Waals surface area contributed by atoms with Gasteiger partial charge in [0.2, 0.25) is 0 Å². The lowest BCUT2D eigenvalue weighted by Gasteiger charge is -2.27. The molecule has 0 atom stereocenters. The lowest BCUT2D eigenvalue weighted by Crippen LogP contribution is -2.44. The van der Waals surface area contributed by atoms with Crippen molar-refractivity contribution in [1.29, 1.82) is 0 Å². The average Bonchev–Trinajstić information content (AvgIpc) is 2.27. The molecule has 5 heteroatoms. The first-order valence-corrected chi connectivity index (χ1v) is 7.49. The van der Waals surface area contributed by atoms with Crippen molar-refractivity contribution >= 4 is 20.5 Å². The Hall–Kier alpha value is -0.843. The number of rotatable bonds is 6. The molecule has 0 aromatic rings. The van der Waals surface area contributed by atoms with Gasteiger partial charge in [0, 0.05) is 24.9 Å². The van der Waals surface area contributed by atoms with Gasteiger partial charge in [-0.25, -0.2) is 0 Å². The molecule has 1 radical (unpaired) electrons. The van der Waals surface area contributed by atoms with Crippen molar-refractivity contribution < 1.29 is 18.4 Å². The zero-order chi connectivity index (χ0) is 11.9. The monoisotopic (exact) mass is 231 g/mol. The van der Waals surface area contributed by atoms with Crippen molar-refractivity contribution in [3.05, 3.63) is 6.92 Å². The predicted molar refractivity (Wildman–Crippen MR) is 59.2 cm³/mol. The molecule has 0 aromatic carbocycles. The van der Waals surface area contributed by atoms with Gasteiger partial charge >= 0.3 is 8.56 Å². The van der Waals surface area contributed by atoms with Gasteiger partial charge in [-0.15, -0.1) is 0 Å². The molecule has 0 spiro atoms. The molecular formula is C10H19O4Si. The van der Waals surface area contributed by atoms with Crippen LogP contribution in [0.1, 0.15) is 33.6 Å². The molecule has 0 rings (SSSR count). The second-order valence-electron chi connectivity index (χ2n) is 3.17. The van der Waals surface area contributed by atoms with Crippen LogP contribution in [-0.2, 0) is 18.4 Å². The summed E-state index contributed by atoms with van der Waals surface area (Å²) in [4.78, 5) is 22.4. The SMILES string of the molecule is [CH2]C[Si](CC)(OC(=O)CC)OC(=O)CC. The highest BCUT2D eigenvalue weighted by Gasteiger charge is 2.40. The Morgan fingerprint density at radius 1 is 1.07 bits per heavy atom. The largest absolute Gasteiger partial charge is 0.485 e. The van der Waals surface area contributed by atoms with Gasteiger partial charge in [-0.1, -0.05) is 20.8 Å². The summed E-state index contributed by atoms with van der Waals surface area (Å²) in [5.74, 6) is -0.646. The van der Waals surface area contributed by atoms with E-state index in [2.05, 4.69) is 6.92 Å². The Labute approximate surface area is 92.2 Å². The van der Waals surface area contributed by atoms with E-state index in [4.69, 9.17) is 8.85 Å². The summed E-state index contributed by atoms with van der Waals surface area (Å²) >= 11 is 0. The lowest BCUT2D eigenvalue weighted by molar-refractivity contribution is -0.141. The van der Waals surface area contributed by atoms with Crippen molar-refractivity contribution in [2.45, 2.75) is 45.7 Å². The molecule has 0 N–H and O–H groups in total. The number of carbonyl (C=O) groups excluding carboxylic acids is 2. The molecule has 0 amide bonds. The Morgan fingerprint density at radius 3 is 1.67 bits per heavy atom. The molecule has 0 heterocycles. The van der Waals surface area contributed by atoms with Crippen LogP contribution in [0.15, 0.2) is 0 Å². The molecule has 15 heavy (non-hydrogen) atoms. The summed E-state index contributed by atoms with van der Waals surface area (Å²) in [5, 5.41) is 0. The highest BCUT2D eigenvalue weighted by Crippen LogP contribution is 2.19. The minimum atomic E-state index is -2.72. The van der Waals surface area contributed by atoms with Crippen LogP contribution >= 0.6 is 0 Å². The Balaban J connectivity index is 4.56. The highest BCUT2D eigenvalue weighted by atomic mass is 28.4. The maximum absolute atomic E-state index is 11.2. The van der Waals surface area contributed by atoms with Crippen LogP contribution in [0.5, 0.6) is 0 Å². The van der Waals surface area contributed by atoms with Crippen molar-refractivity contribution in [3.63, 3.8) is 0 Å². The standard InChI is InChI=1S/C10H19O4Si/c1-5-9(11)13-15(7-3,8-4)14-10(12)6-2/h3,5-8H2,1-2,4H3. The fraction of sp³-hybridized carbons (Fsp3) is 0.700. The molecule has 87 valence electrons. The first kappa shape index (κ1) is 14.2. The molecule has 0 saturated heterocycles. The summed E-state index contributed by atoms with van der Waals surface area (Å²) in [5.41, 5.74) is 0. The highest BCUT2D eigenvalue weighted by molar-refractivity contribution is 6.70. The van der Waals surface area contributed by atoms with E-state index in [0.717, 1.165) is 0 Å². The van der Waals surface area contributed by atoms with Crippen LogP contribution in [-0.4, -0.2) is 20.5 Å². The van der Waals surface area contributed by atoms with Crippen LogP contribution in [0.3, 0.4) is 0 Å². The van der Waals surface area contributed by atoms with Crippen molar-refractivity contribution in [2.24, 2.45) is 0 Å². The molecule has 4 nitrogen and oxygen atoms in total. The van der Waals surface area contributed by atoms with Crippen molar-refractivity contribution in [1.82, 2.24) is 0 Å². The van der Waals surface area contributed by atoms with Crippen molar-refractivity contribution in [2.75, 3.05) is 0 Å². The van der Waals surface area contributed by atoms with Gasteiger partial charge in [-0.05, 0) is 6.92 Å². The van der Waals surface area contributed by atoms with E-state index in [1.807, 2.05) is 6.92 Å². The second kappa shape index (κ2) is 6.61. The van der Waals surface area contributed by atoms with E-state index in [-0.39, 0.29) is 11.9 Å². The van der Waals surface area contributed by atoms with Gasteiger partial charge in [0.05, 0.1) is 0 Å². The Morgan fingerprint density at radius 2 is 1.47 bits per heavy atom. The molecule has 0 unspecified atom stereocenters. The summed E-state index contributed by atoms with van der Waals surface area (Å²) in [6.07, 6.45) is 0.580. The first-order valence-electron chi connectivity index (χ1n) is 5.26. The van der Waals surface area contributed by atoms with Gasteiger partial charge in [-0.3, -0.25) is 9.59 Å². The van der Waals surface area contributed by atoms with Gasteiger partial charge in [0.1, 0.15) is 0 Å². The third-order valence-electron chi connectivity index (χ3n) is 2.10. The maximum atomic E-state index is 11.2. The number of carbonyl (C=O) groups is 2. The second-order valence-corrected chi connectivity index (χ2v) is 6.61. The lowest BCUT2D eigenvalue weighted by atomic mass is 10.5. The number of hydrogen-bond donors (Lipinski definition) is 0. The molecule has 0 aromatic heterocycles. The van der Waals surface area contributed by atoms with Gasteiger partial charge < -0.3 is 8.85 Å². The van der Waals surface area contributed by atoms with Crippen LogP contribution in [0, 0.1) is 6.92 Å². The topological polar surface area (TPSA) is 52.6 Å². The zero-order valence-corrected chi connectivity index (χ0v) is 10.7. The molecule has 0 fully saturated rings. The van der Waals surface area contributed by atoms with E-state index in [9.17, 15) is 9.59 Å². The average molecular weight is 231 g/mol. The summed E-state index contributed by atoms with van der Waals surface area (Å²) in [6.45, 7) is 8.98. The molecule has 0 saturated carbocycles. The van der Waals surface area contributed by atoms with Gasteiger partial charge in [-0.2, -0.15) is 0 Å². The van der Waals surface area contributed by atoms with Crippen LogP contribution < -0.4 is 0 Å². The fourth-order valence-electron chi connectivity index (χ4n) is 1.00. The summed E-state index contributed by atoms with van der Waals surface area (Å²) < 4.78 is 10.5.